The third kappa shape index (κ3) is 4.82. The van der Waals surface area contributed by atoms with Crippen molar-refractivity contribution in [3.05, 3.63) is 17.3 Å². The van der Waals surface area contributed by atoms with E-state index in [0.717, 1.165) is 6.42 Å². The highest BCUT2D eigenvalue weighted by atomic mass is 35.5. The molecule has 0 aliphatic heterocycles. The molecule has 0 bridgehead atoms. The van der Waals surface area contributed by atoms with Gasteiger partial charge in [-0.05, 0) is 37.8 Å². The minimum absolute atomic E-state index is 0.0793. The second-order valence-corrected chi connectivity index (χ2v) is 6.71. The first-order valence-corrected chi connectivity index (χ1v) is 6.17. The number of nitrogen functional groups attached to an aromatic ring is 1. The number of hydrogen-bond donors (Lipinski definition) is 2. The molecule has 96 valence electrons. The van der Waals surface area contributed by atoms with E-state index in [1.54, 1.807) is 12.1 Å². The summed E-state index contributed by atoms with van der Waals surface area (Å²) in [6.07, 6.45) is 1.01. The molecule has 0 amide bonds. The first-order valence-electron chi connectivity index (χ1n) is 5.79. The molecule has 0 aliphatic rings. The molecule has 3 N–H and O–H groups in total. The summed E-state index contributed by atoms with van der Waals surface area (Å²) in [5.74, 6) is 0.659. The molecular formula is C13H22ClN3. The van der Waals surface area contributed by atoms with Crippen LogP contribution in [-0.4, -0.2) is 10.5 Å². The monoisotopic (exact) mass is 255 g/mol. The smallest absolute Gasteiger partial charge is 0.151 e. The Morgan fingerprint density at radius 2 is 1.82 bits per heavy atom. The second kappa shape index (κ2) is 4.73. The van der Waals surface area contributed by atoms with Crippen LogP contribution >= 0.6 is 11.6 Å². The van der Waals surface area contributed by atoms with E-state index in [4.69, 9.17) is 17.3 Å². The fraction of sp³-hybridized carbons (Fsp3) is 0.615. The van der Waals surface area contributed by atoms with E-state index in [1.165, 1.54) is 0 Å². The molecule has 0 fully saturated rings. The molecule has 1 rings (SSSR count). The van der Waals surface area contributed by atoms with Crippen molar-refractivity contribution in [2.75, 3.05) is 11.1 Å². The Morgan fingerprint density at radius 3 is 2.35 bits per heavy atom. The minimum Gasteiger partial charge on any atom is -0.396 e. The summed E-state index contributed by atoms with van der Waals surface area (Å²) in [5.41, 5.74) is 6.66. The third-order valence-electron chi connectivity index (χ3n) is 2.32. The maximum Gasteiger partial charge on any atom is 0.151 e. The van der Waals surface area contributed by atoms with Gasteiger partial charge in [0.2, 0.25) is 0 Å². The summed E-state index contributed by atoms with van der Waals surface area (Å²) in [6, 6.07) is 3.46. The highest BCUT2D eigenvalue weighted by molar-refractivity contribution is 6.29. The van der Waals surface area contributed by atoms with Gasteiger partial charge in [-0.15, -0.1) is 0 Å². The van der Waals surface area contributed by atoms with Gasteiger partial charge in [-0.1, -0.05) is 32.4 Å². The van der Waals surface area contributed by atoms with Crippen LogP contribution in [0.5, 0.6) is 0 Å². The van der Waals surface area contributed by atoms with Gasteiger partial charge in [0.05, 0.1) is 5.69 Å². The van der Waals surface area contributed by atoms with Crippen LogP contribution < -0.4 is 11.1 Å². The zero-order chi connectivity index (χ0) is 13.3. The largest absolute Gasteiger partial charge is 0.396 e. The van der Waals surface area contributed by atoms with E-state index in [2.05, 4.69) is 44.9 Å². The van der Waals surface area contributed by atoms with Gasteiger partial charge in [-0.25, -0.2) is 4.98 Å². The quantitative estimate of drug-likeness (QED) is 0.805. The first-order chi connectivity index (χ1) is 7.59. The van der Waals surface area contributed by atoms with E-state index >= 15 is 0 Å². The van der Waals surface area contributed by atoms with Crippen molar-refractivity contribution in [2.45, 2.75) is 46.6 Å². The Morgan fingerprint density at radius 1 is 1.24 bits per heavy atom. The molecule has 0 aromatic carbocycles. The topological polar surface area (TPSA) is 50.9 Å². The van der Waals surface area contributed by atoms with Gasteiger partial charge in [0, 0.05) is 5.54 Å². The molecule has 0 unspecified atom stereocenters. The Labute approximate surface area is 109 Å². The number of aromatic nitrogens is 1. The van der Waals surface area contributed by atoms with Crippen molar-refractivity contribution in [3.8, 4) is 0 Å². The van der Waals surface area contributed by atoms with E-state index in [0.29, 0.717) is 16.7 Å². The first kappa shape index (κ1) is 14.1. The Kier molecular flexibility index (Phi) is 3.92. The lowest BCUT2D eigenvalue weighted by Crippen LogP contribution is -2.36. The zero-order valence-electron chi connectivity index (χ0n) is 11.3. The Bertz CT molecular complexity index is 394. The molecule has 1 heterocycles. The van der Waals surface area contributed by atoms with Gasteiger partial charge in [0.1, 0.15) is 5.15 Å². The second-order valence-electron chi connectivity index (χ2n) is 6.32. The van der Waals surface area contributed by atoms with Crippen LogP contribution in [0, 0.1) is 5.41 Å². The highest BCUT2D eigenvalue weighted by Crippen LogP contribution is 2.31. The van der Waals surface area contributed by atoms with Crippen LogP contribution in [0.15, 0.2) is 12.1 Å². The third-order valence-corrected chi connectivity index (χ3v) is 2.53. The fourth-order valence-electron chi connectivity index (χ4n) is 2.24. The Hall–Kier alpha value is -0.960. The fourth-order valence-corrected chi connectivity index (χ4v) is 2.38. The lowest BCUT2D eigenvalue weighted by Gasteiger charge is -2.34. The average molecular weight is 256 g/mol. The van der Waals surface area contributed by atoms with Gasteiger partial charge in [0.25, 0.3) is 0 Å². The molecule has 0 radical (unpaired) electrons. The van der Waals surface area contributed by atoms with Crippen molar-refractivity contribution in [2.24, 2.45) is 5.41 Å². The predicted octanol–water partition coefficient (Wildman–Crippen LogP) is 3.94. The normalized spacial score (nSPS) is 12.6. The summed E-state index contributed by atoms with van der Waals surface area (Å²) in [5, 5.41) is 3.82. The van der Waals surface area contributed by atoms with E-state index < -0.39 is 0 Å². The molecule has 0 aliphatic carbocycles. The van der Waals surface area contributed by atoms with Gasteiger partial charge in [-0.2, -0.15) is 0 Å². The molecule has 17 heavy (non-hydrogen) atoms. The summed E-state index contributed by atoms with van der Waals surface area (Å²) in [4.78, 5) is 4.22. The van der Waals surface area contributed by atoms with Crippen LogP contribution in [0.1, 0.15) is 41.0 Å². The summed E-state index contributed by atoms with van der Waals surface area (Å²) < 4.78 is 0. The van der Waals surface area contributed by atoms with Crippen LogP contribution in [0.25, 0.3) is 0 Å². The van der Waals surface area contributed by atoms with Crippen LogP contribution in [-0.2, 0) is 0 Å². The maximum absolute atomic E-state index is 5.88. The molecular weight excluding hydrogens is 234 g/mol. The van der Waals surface area contributed by atoms with Crippen LogP contribution in [0.2, 0.25) is 5.15 Å². The highest BCUT2D eigenvalue weighted by Gasteiger charge is 2.26. The number of nitrogens with one attached hydrogen (secondary N) is 1. The summed E-state index contributed by atoms with van der Waals surface area (Å²) in [6.45, 7) is 10.9. The molecule has 4 heteroatoms. The van der Waals surface area contributed by atoms with E-state index in [1.807, 2.05) is 0 Å². The zero-order valence-corrected chi connectivity index (χ0v) is 12.0. The number of hydrogen-bond acceptors (Lipinski definition) is 3. The number of pyridine rings is 1. The lowest BCUT2D eigenvalue weighted by atomic mass is 9.82. The van der Waals surface area contributed by atoms with Crippen LogP contribution in [0.4, 0.5) is 11.5 Å². The molecule has 0 saturated heterocycles. The van der Waals surface area contributed by atoms with Gasteiger partial charge in [-0.3, -0.25) is 0 Å². The van der Waals surface area contributed by atoms with Crippen LogP contribution in [0.3, 0.4) is 0 Å². The molecule has 0 saturated carbocycles. The number of halogens is 1. The molecule has 3 nitrogen and oxygen atoms in total. The summed E-state index contributed by atoms with van der Waals surface area (Å²) >= 11 is 5.87. The maximum atomic E-state index is 5.88. The van der Waals surface area contributed by atoms with Gasteiger partial charge < -0.3 is 11.1 Å². The average Bonchev–Trinajstić information content (AvgIpc) is 2.06. The van der Waals surface area contributed by atoms with Crippen molar-refractivity contribution < 1.29 is 0 Å². The molecule has 1 aromatic rings. The number of rotatable bonds is 3. The Balaban J connectivity index is 2.86. The van der Waals surface area contributed by atoms with Crippen molar-refractivity contribution in [1.29, 1.82) is 0 Å². The number of anilines is 2. The van der Waals surface area contributed by atoms with Gasteiger partial charge in [0.15, 0.2) is 5.82 Å². The molecule has 0 spiro atoms. The van der Waals surface area contributed by atoms with Crippen molar-refractivity contribution in [1.82, 2.24) is 4.98 Å². The number of nitrogens with zero attached hydrogens (tertiary/aromatic N) is 1. The minimum atomic E-state index is -0.0793. The standard InChI is InChI=1S/C13H22ClN3/c1-12(2,3)8-13(4,5)17-11-9(15)6-7-10(14)16-11/h6-7H,8,15H2,1-5H3,(H,16,17). The molecule has 0 atom stereocenters. The van der Waals surface area contributed by atoms with Gasteiger partial charge >= 0.3 is 0 Å². The summed E-state index contributed by atoms with van der Waals surface area (Å²) in [7, 11) is 0. The van der Waals surface area contributed by atoms with Crippen molar-refractivity contribution in [3.63, 3.8) is 0 Å². The lowest BCUT2D eigenvalue weighted by molar-refractivity contribution is 0.302. The number of nitrogens with two attached hydrogens (primary N) is 1. The van der Waals surface area contributed by atoms with Crippen molar-refractivity contribution >= 4 is 23.1 Å². The SMILES string of the molecule is CC(C)(C)CC(C)(C)Nc1nc(Cl)ccc1N. The van der Waals surface area contributed by atoms with E-state index in [-0.39, 0.29) is 11.0 Å². The predicted molar refractivity (Wildman–Crippen MR) is 75.4 cm³/mol. The van der Waals surface area contributed by atoms with E-state index in [9.17, 15) is 0 Å². The molecule has 1 aromatic heterocycles.